The molecule has 2 atom stereocenters. The second kappa shape index (κ2) is 7.85. The van der Waals surface area contributed by atoms with Gasteiger partial charge in [0.2, 0.25) is 26.6 Å². The first-order chi connectivity index (χ1) is 14.2. The molecule has 0 aliphatic carbocycles. The third-order valence-corrected chi connectivity index (χ3v) is 6.63. The van der Waals surface area contributed by atoms with Crippen molar-refractivity contribution in [2.75, 3.05) is 18.0 Å². The molecule has 1 saturated heterocycles. The van der Waals surface area contributed by atoms with Crippen molar-refractivity contribution >= 4 is 15.7 Å². The van der Waals surface area contributed by atoms with Crippen LogP contribution < -0.4 is 4.90 Å². The Balaban J connectivity index is 1.85. The molecular weight excluding hydrogens is 407 g/mol. The van der Waals surface area contributed by atoms with Gasteiger partial charge >= 0.3 is 0 Å². The molecule has 1 aliphatic rings. The van der Waals surface area contributed by atoms with Gasteiger partial charge in [-0.2, -0.15) is 4.98 Å². The Hall–Kier alpha value is -2.71. The summed E-state index contributed by atoms with van der Waals surface area (Å²) >= 11 is 0. The van der Waals surface area contributed by atoms with Gasteiger partial charge in [-0.05, 0) is 57.2 Å². The van der Waals surface area contributed by atoms with E-state index < -0.39 is 15.7 Å². The quantitative estimate of drug-likeness (QED) is 0.617. The Kier molecular flexibility index (Phi) is 5.38. The summed E-state index contributed by atoms with van der Waals surface area (Å²) in [5.74, 6) is -0.0896. The molecule has 8 heteroatoms. The molecule has 0 unspecified atom stereocenters. The molecule has 6 nitrogen and oxygen atoms in total. The topological polar surface area (TPSA) is 72.6 Å². The van der Waals surface area contributed by atoms with E-state index in [4.69, 9.17) is 9.15 Å². The molecule has 2 heterocycles. The van der Waals surface area contributed by atoms with Gasteiger partial charge in [-0.1, -0.05) is 17.7 Å². The molecule has 3 aromatic rings. The van der Waals surface area contributed by atoms with Crippen molar-refractivity contribution in [3.8, 4) is 11.5 Å². The van der Waals surface area contributed by atoms with Gasteiger partial charge in [0, 0.05) is 18.7 Å². The van der Waals surface area contributed by atoms with E-state index in [1.165, 1.54) is 24.3 Å². The molecule has 0 N–H and O–H groups in total. The molecule has 0 saturated carbocycles. The summed E-state index contributed by atoms with van der Waals surface area (Å²) in [6.07, 6.45) is -0.189. The first-order valence-corrected chi connectivity index (χ1v) is 11.2. The van der Waals surface area contributed by atoms with Crippen LogP contribution in [0.4, 0.5) is 10.3 Å². The highest BCUT2D eigenvalue weighted by atomic mass is 32.2. The van der Waals surface area contributed by atoms with Crippen LogP contribution in [0.25, 0.3) is 11.5 Å². The monoisotopic (exact) mass is 430 g/mol. The number of hydrogen-bond acceptors (Lipinski definition) is 6. The zero-order valence-corrected chi connectivity index (χ0v) is 17.8. The normalized spacial score (nSPS) is 19.8. The highest BCUT2D eigenvalue weighted by molar-refractivity contribution is 7.91. The van der Waals surface area contributed by atoms with E-state index in [9.17, 15) is 12.8 Å². The SMILES string of the molecule is Cc1ccc(S(=O)(=O)c2nc(-c3ccc(F)cc3)oc2N2C[C@H](C)O[C@@H](C)C2)cc1. The van der Waals surface area contributed by atoms with E-state index in [1.54, 1.807) is 24.3 Å². The van der Waals surface area contributed by atoms with E-state index in [-0.39, 0.29) is 33.9 Å². The minimum absolute atomic E-state index is 0.0944. The van der Waals surface area contributed by atoms with Crippen LogP contribution in [-0.4, -0.2) is 38.7 Å². The number of hydrogen-bond donors (Lipinski definition) is 0. The largest absolute Gasteiger partial charge is 0.419 e. The molecule has 158 valence electrons. The molecule has 0 spiro atoms. The van der Waals surface area contributed by atoms with Crippen LogP contribution in [-0.2, 0) is 14.6 Å². The molecule has 1 aliphatic heterocycles. The fourth-order valence-corrected chi connectivity index (χ4v) is 4.88. The highest BCUT2D eigenvalue weighted by Crippen LogP contribution is 2.36. The number of aromatic nitrogens is 1. The zero-order chi connectivity index (χ0) is 21.5. The molecule has 0 bridgehead atoms. The minimum atomic E-state index is -3.93. The summed E-state index contributed by atoms with van der Waals surface area (Å²) < 4.78 is 51.9. The number of rotatable bonds is 4. The maximum atomic E-state index is 13.4. The summed E-state index contributed by atoms with van der Waals surface area (Å²) in [6.45, 7) is 6.68. The maximum absolute atomic E-state index is 13.4. The predicted octanol–water partition coefficient (Wildman–Crippen LogP) is 4.24. The summed E-state index contributed by atoms with van der Waals surface area (Å²) in [4.78, 5) is 6.33. The fraction of sp³-hybridized carbons (Fsp3) is 0.318. The third kappa shape index (κ3) is 3.97. The van der Waals surface area contributed by atoms with E-state index in [1.807, 2.05) is 25.7 Å². The van der Waals surface area contributed by atoms with Crippen molar-refractivity contribution in [2.45, 2.75) is 42.9 Å². The van der Waals surface area contributed by atoms with E-state index in [0.717, 1.165) is 5.56 Å². The van der Waals surface area contributed by atoms with Crippen molar-refractivity contribution in [1.29, 1.82) is 0 Å². The number of sulfone groups is 1. The average molecular weight is 431 g/mol. The zero-order valence-electron chi connectivity index (χ0n) is 17.0. The second-order valence-electron chi connectivity index (χ2n) is 7.62. The Morgan fingerprint density at radius 2 is 1.60 bits per heavy atom. The lowest BCUT2D eigenvalue weighted by Gasteiger charge is -2.35. The first-order valence-electron chi connectivity index (χ1n) is 9.73. The standard InChI is InChI=1S/C22H23FN2O4S/c1-14-4-10-19(11-5-14)30(26,27)21-22(25-12-15(2)28-16(3)13-25)29-20(24-21)17-6-8-18(23)9-7-17/h4-11,15-16H,12-13H2,1-3H3/t15-,16-/m0/s1. The number of benzene rings is 2. The summed E-state index contributed by atoms with van der Waals surface area (Å²) in [5, 5.41) is -0.146. The highest BCUT2D eigenvalue weighted by Gasteiger charge is 2.34. The van der Waals surface area contributed by atoms with Crippen LogP contribution in [0.5, 0.6) is 0 Å². The molecule has 0 radical (unpaired) electrons. The van der Waals surface area contributed by atoms with Crippen molar-refractivity contribution in [2.24, 2.45) is 0 Å². The van der Waals surface area contributed by atoms with Gasteiger partial charge in [-0.15, -0.1) is 0 Å². The second-order valence-corrected chi connectivity index (χ2v) is 9.48. The average Bonchev–Trinajstić information content (AvgIpc) is 3.14. The Morgan fingerprint density at radius 1 is 1.00 bits per heavy atom. The van der Waals surface area contributed by atoms with Gasteiger partial charge < -0.3 is 14.1 Å². The van der Waals surface area contributed by atoms with Gasteiger partial charge in [0.25, 0.3) is 0 Å². The van der Waals surface area contributed by atoms with Crippen molar-refractivity contribution < 1.29 is 22.0 Å². The molecule has 2 aromatic carbocycles. The van der Waals surface area contributed by atoms with Crippen LogP contribution in [0.15, 0.2) is 62.9 Å². The molecule has 4 rings (SSSR count). The minimum Gasteiger partial charge on any atom is -0.419 e. The third-order valence-electron chi connectivity index (χ3n) is 4.96. The van der Waals surface area contributed by atoms with Crippen molar-refractivity contribution in [3.63, 3.8) is 0 Å². The molecule has 1 fully saturated rings. The van der Waals surface area contributed by atoms with Gasteiger partial charge in [-0.3, -0.25) is 0 Å². The maximum Gasteiger partial charge on any atom is 0.236 e. The molecule has 1 aromatic heterocycles. The van der Waals surface area contributed by atoms with Gasteiger partial charge in [-0.25, -0.2) is 12.8 Å². The van der Waals surface area contributed by atoms with Crippen LogP contribution in [0.2, 0.25) is 0 Å². The van der Waals surface area contributed by atoms with Gasteiger partial charge in [0.05, 0.1) is 17.1 Å². The van der Waals surface area contributed by atoms with E-state index in [0.29, 0.717) is 18.7 Å². The number of halogens is 1. The first kappa shape index (κ1) is 20.6. The van der Waals surface area contributed by atoms with Gasteiger partial charge in [0.1, 0.15) is 5.82 Å². The van der Waals surface area contributed by atoms with Crippen molar-refractivity contribution in [3.05, 3.63) is 59.9 Å². The Bertz CT molecular complexity index is 1130. The van der Waals surface area contributed by atoms with Crippen LogP contribution in [0.1, 0.15) is 19.4 Å². The number of oxazole rings is 1. The van der Waals surface area contributed by atoms with E-state index >= 15 is 0 Å². The molecular formula is C22H23FN2O4S. The Labute approximate surface area is 175 Å². The molecule has 30 heavy (non-hydrogen) atoms. The summed E-state index contributed by atoms with van der Waals surface area (Å²) in [6, 6.07) is 12.2. The number of morpholine rings is 1. The van der Waals surface area contributed by atoms with E-state index in [2.05, 4.69) is 4.98 Å². The Morgan fingerprint density at radius 3 is 2.20 bits per heavy atom. The fourth-order valence-electron chi connectivity index (χ4n) is 3.56. The van der Waals surface area contributed by atoms with Gasteiger partial charge in [0.15, 0.2) is 0 Å². The van der Waals surface area contributed by atoms with Crippen LogP contribution >= 0.6 is 0 Å². The smallest absolute Gasteiger partial charge is 0.236 e. The predicted molar refractivity (Wildman–Crippen MR) is 111 cm³/mol. The lowest BCUT2D eigenvalue weighted by molar-refractivity contribution is -0.00657. The number of ether oxygens (including phenoxy) is 1. The number of anilines is 1. The van der Waals surface area contributed by atoms with Crippen LogP contribution in [0, 0.1) is 12.7 Å². The lowest BCUT2D eigenvalue weighted by Crippen LogP contribution is -2.45. The summed E-state index contributed by atoms with van der Waals surface area (Å²) in [5.41, 5.74) is 1.45. The lowest BCUT2D eigenvalue weighted by atomic mass is 10.2. The number of aryl methyl sites for hydroxylation is 1. The molecule has 0 amide bonds. The van der Waals surface area contributed by atoms with Crippen LogP contribution in [0.3, 0.4) is 0 Å². The van der Waals surface area contributed by atoms with Crippen molar-refractivity contribution in [1.82, 2.24) is 4.98 Å². The summed E-state index contributed by atoms with van der Waals surface area (Å²) in [7, 11) is -3.93. The number of nitrogens with zero attached hydrogens (tertiary/aromatic N) is 2.